The molecule has 0 aromatic heterocycles. The van der Waals surface area contributed by atoms with E-state index < -0.39 is 0 Å². The summed E-state index contributed by atoms with van der Waals surface area (Å²) in [7, 11) is 0. The minimum atomic E-state index is 0.288. The monoisotopic (exact) mass is 281 g/mol. The fourth-order valence-corrected chi connectivity index (χ4v) is 4.70. The van der Waals surface area contributed by atoms with Crippen LogP contribution in [0.2, 0.25) is 0 Å². The van der Waals surface area contributed by atoms with Gasteiger partial charge in [0.15, 0.2) is 5.17 Å². The normalized spacial score (nSPS) is 37.1. The fraction of sp³-hybridized carbons (Fsp3) is 0.929. The Hall–Kier alpha value is -0.260. The zero-order valence-electron chi connectivity index (χ0n) is 11.4. The Kier molecular flexibility index (Phi) is 3.24. The molecule has 1 N–H and O–H groups in total. The van der Waals surface area contributed by atoms with Gasteiger partial charge in [-0.25, -0.2) is 0 Å². The lowest BCUT2D eigenvalue weighted by molar-refractivity contribution is 0.0555. The standard InChI is InChI=1S/C14H23N3OS/c1-2-12(1)17-6-3-11(9-17)15-13-16-14(10-19-13)4-7-18-8-5-14/h11-12H,1-10H2,(H,15,16). The van der Waals surface area contributed by atoms with Gasteiger partial charge in [-0.3, -0.25) is 9.89 Å². The van der Waals surface area contributed by atoms with E-state index in [9.17, 15) is 0 Å². The summed E-state index contributed by atoms with van der Waals surface area (Å²) in [4.78, 5) is 7.61. The van der Waals surface area contributed by atoms with Crippen LogP contribution < -0.4 is 5.32 Å². The van der Waals surface area contributed by atoms with Crippen LogP contribution in [0.15, 0.2) is 4.99 Å². The van der Waals surface area contributed by atoms with Crippen LogP contribution in [0.4, 0.5) is 0 Å². The number of rotatable bonds is 2. The number of ether oxygens (including phenoxy) is 1. The molecule has 0 radical (unpaired) electrons. The Labute approximate surface area is 119 Å². The van der Waals surface area contributed by atoms with E-state index in [1.54, 1.807) is 0 Å². The predicted octanol–water partition coefficient (Wildman–Crippen LogP) is 1.46. The number of aliphatic imine (C=N–C) groups is 1. The van der Waals surface area contributed by atoms with Crippen molar-refractivity contribution in [3.8, 4) is 0 Å². The molecular formula is C14H23N3OS. The first-order chi connectivity index (χ1) is 9.33. The summed E-state index contributed by atoms with van der Waals surface area (Å²) >= 11 is 1.92. The van der Waals surface area contributed by atoms with Gasteiger partial charge in [0.1, 0.15) is 0 Å². The molecule has 4 aliphatic rings. The highest BCUT2D eigenvalue weighted by atomic mass is 32.2. The summed E-state index contributed by atoms with van der Waals surface area (Å²) in [5.41, 5.74) is 0.288. The average Bonchev–Trinajstić information content (AvgIpc) is 3.07. The van der Waals surface area contributed by atoms with E-state index in [0.29, 0.717) is 6.04 Å². The van der Waals surface area contributed by atoms with Gasteiger partial charge in [-0.2, -0.15) is 0 Å². The molecule has 3 aliphatic heterocycles. The first kappa shape index (κ1) is 12.5. The van der Waals surface area contributed by atoms with Gasteiger partial charge in [0.05, 0.1) is 11.6 Å². The maximum absolute atomic E-state index is 5.48. The molecule has 1 atom stereocenters. The third kappa shape index (κ3) is 2.65. The molecule has 3 heterocycles. The average molecular weight is 281 g/mol. The van der Waals surface area contributed by atoms with Crippen molar-refractivity contribution in [1.29, 1.82) is 0 Å². The van der Waals surface area contributed by atoms with Crippen molar-refractivity contribution in [3.05, 3.63) is 0 Å². The highest BCUT2D eigenvalue weighted by Gasteiger charge is 2.40. The number of hydrogen-bond acceptors (Lipinski definition) is 4. The minimum absolute atomic E-state index is 0.288. The predicted molar refractivity (Wildman–Crippen MR) is 78.8 cm³/mol. The first-order valence-electron chi connectivity index (χ1n) is 7.64. The largest absolute Gasteiger partial charge is 0.381 e. The molecule has 0 aromatic rings. The summed E-state index contributed by atoms with van der Waals surface area (Å²) in [6, 6.07) is 1.43. The SMILES string of the molecule is C1CC2(CCO1)CSC(=NC1CCN(C3CC3)C1)N2. The number of amidine groups is 1. The molecule has 19 heavy (non-hydrogen) atoms. The van der Waals surface area contributed by atoms with E-state index in [1.807, 2.05) is 11.8 Å². The molecule has 3 saturated heterocycles. The highest BCUT2D eigenvalue weighted by Crippen LogP contribution is 2.34. The Morgan fingerprint density at radius 2 is 2.11 bits per heavy atom. The Bertz CT molecular complexity index is 377. The van der Waals surface area contributed by atoms with Crippen LogP contribution in [-0.2, 0) is 4.74 Å². The van der Waals surface area contributed by atoms with Gasteiger partial charge in [-0.1, -0.05) is 11.8 Å². The summed E-state index contributed by atoms with van der Waals surface area (Å²) in [5, 5.41) is 4.91. The number of hydrogen-bond donors (Lipinski definition) is 1. The Morgan fingerprint density at radius 1 is 1.26 bits per heavy atom. The van der Waals surface area contributed by atoms with Crippen LogP contribution in [0.1, 0.15) is 32.1 Å². The van der Waals surface area contributed by atoms with Crippen molar-refractivity contribution >= 4 is 16.9 Å². The summed E-state index contributed by atoms with van der Waals surface area (Å²) in [5.74, 6) is 1.17. The van der Waals surface area contributed by atoms with Crippen LogP contribution in [0, 0.1) is 0 Å². The molecule has 4 nitrogen and oxygen atoms in total. The van der Waals surface area contributed by atoms with E-state index in [4.69, 9.17) is 9.73 Å². The number of nitrogens with zero attached hydrogens (tertiary/aromatic N) is 2. The van der Waals surface area contributed by atoms with Gasteiger partial charge < -0.3 is 10.1 Å². The molecule has 0 amide bonds. The van der Waals surface area contributed by atoms with Crippen LogP contribution in [-0.4, -0.2) is 59.7 Å². The van der Waals surface area contributed by atoms with Crippen molar-refractivity contribution in [3.63, 3.8) is 0 Å². The molecule has 4 fully saturated rings. The molecular weight excluding hydrogens is 258 g/mol. The molecule has 1 unspecified atom stereocenters. The zero-order chi connectivity index (χ0) is 12.7. The van der Waals surface area contributed by atoms with Crippen LogP contribution in [0.5, 0.6) is 0 Å². The first-order valence-corrected chi connectivity index (χ1v) is 8.62. The number of likely N-dealkylation sites (tertiary alicyclic amines) is 1. The van der Waals surface area contributed by atoms with E-state index in [0.717, 1.165) is 32.1 Å². The number of thioether (sulfide) groups is 1. The molecule has 1 saturated carbocycles. The maximum Gasteiger partial charge on any atom is 0.157 e. The zero-order valence-corrected chi connectivity index (χ0v) is 12.3. The van der Waals surface area contributed by atoms with Gasteiger partial charge in [-0.05, 0) is 32.1 Å². The van der Waals surface area contributed by atoms with Gasteiger partial charge in [-0.15, -0.1) is 0 Å². The van der Waals surface area contributed by atoms with Crippen molar-refractivity contribution in [1.82, 2.24) is 10.2 Å². The highest BCUT2D eigenvalue weighted by molar-refractivity contribution is 8.14. The van der Waals surface area contributed by atoms with Crippen LogP contribution in [0.3, 0.4) is 0 Å². The van der Waals surface area contributed by atoms with E-state index >= 15 is 0 Å². The second-order valence-corrected chi connectivity index (χ2v) is 7.37. The summed E-state index contributed by atoms with van der Waals surface area (Å²) in [6.45, 7) is 4.25. The Morgan fingerprint density at radius 3 is 2.89 bits per heavy atom. The molecule has 4 rings (SSSR count). The third-order valence-corrected chi connectivity index (χ3v) is 6.04. The fourth-order valence-electron chi connectivity index (χ4n) is 3.42. The topological polar surface area (TPSA) is 36.9 Å². The smallest absolute Gasteiger partial charge is 0.157 e. The second-order valence-electron chi connectivity index (χ2n) is 6.41. The minimum Gasteiger partial charge on any atom is -0.381 e. The second kappa shape index (κ2) is 4.93. The molecule has 1 aliphatic carbocycles. The van der Waals surface area contributed by atoms with E-state index in [1.165, 1.54) is 43.3 Å². The quantitative estimate of drug-likeness (QED) is 0.831. The van der Waals surface area contributed by atoms with Gasteiger partial charge in [0.2, 0.25) is 0 Å². The lowest BCUT2D eigenvalue weighted by Crippen LogP contribution is -2.48. The molecule has 0 bridgehead atoms. The van der Waals surface area contributed by atoms with E-state index in [-0.39, 0.29) is 5.54 Å². The van der Waals surface area contributed by atoms with Crippen LogP contribution in [0.25, 0.3) is 0 Å². The molecule has 5 heteroatoms. The van der Waals surface area contributed by atoms with Gasteiger partial charge >= 0.3 is 0 Å². The lowest BCUT2D eigenvalue weighted by Gasteiger charge is -2.32. The van der Waals surface area contributed by atoms with Crippen LogP contribution >= 0.6 is 11.8 Å². The molecule has 0 aromatic carbocycles. The number of nitrogens with one attached hydrogen (secondary N) is 1. The van der Waals surface area contributed by atoms with Gasteiger partial charge in [0, 0.05) is 38.1 Å². The van der Waals surface area contributed by atoms with E-state index in [2.05, 4.69) is 10.2 Å². The summed E-state index contributed by atoms with van der Waals surface area (Å²) in [6.07, 6.45) is 6.35. The van der Waals surface area contributed by atoms with Crippen molar-refractivity contribution < 1.29 is 4.74 Å². The molecule has 1 spiro atoms. The lowest BCUT2D eigenvalue weighted by atomic mass is 9.93. The van der Waals surface area contributed by atoms with Crippen molar-refractivity contribution in [2.75, 3.05) is 32.1 Å². The van der Waals surface area contributed by atoms with Crippen molar-refractivity contribution in [2.24, 2.45) is 4.99 Å². The summed E-state index contributed by atoms with van der Waals surface area (Å²) < 4.78 is 5.48. The maximum atomic E-state index is 5.48. The third-order valence-electron chi connectivity index (χ3n) is 4.87. The van der Waals surface area contributed by atoms with Crippen molar-refractivity contribution in [2.45, 2.75) is 49.7 Å². The van der Waals surface area contributed by atoms with Gasteiger partial charge in [0.25, 0.3) is 0 Å². The Balaban J connectivity index is 1.36. The molecule has 106 valence electrons.